The average Bonchev–Trinajstić information content (AvgIpc) is 2.30. The van der Waals surface area contributed by atoms with Crippen molar-refractivity contribution < 1.29 is 9.53 Å². The van der Waals surface area contributed by atoms with Crippen molar-refractivity contribution in [2.45, 2.75) is 19.4 Å². The van der Waals surface area contributed by atoms with Gasteiger partial charge in [0, 0.05) is 23.7 Å². The summed E-state index contributed by atoms with van der Waals surface area (Å²) in [6.07, 6.45) is 0.726. The lowest BCUT2D eigenvalue weighted by Crippen LogP contribution is -2.32. The molecule has 0 saturated carbocycles. The highest BCUT2D eigenvalue weighted by Crippen LogP contribution is 2.27. The van der Waals surface area contributed by atoms with Gasteiger partial charge in [0.05, 0.1) is 5.02 Å². The molecule has 0 heterocycles. The van der Waals surface area contributed by atoms with Gasteiger partial charge in [-0.15, -0.1) is 12.4 Å². The van der Waals surface area contributed by atoms with Crippen molar-refractivity contribution in [3.8, 4) is 5.75 Å². The molecule has 1 atom stereocenters. The van der Waals surface area contributed by atoms with Crippen molar-refractivity contribution in [1.29, 1.82) is 0 Å². The summed E-state index contributed by atoms with van der Waals surface area (Å²) in [5.74, 6) is 0.179. The number of carbonyl (C=O) groups is 1. The Morgan fingerprint density at radius 1 is 1.47 bits per heavy atom. The molecule has 0 spiro atoms. The molecule has 1 aromatic carbocycles. The minimum atomic E-state index is -0.216. The molecule has 108 valence electrons. The lowest BCUT2D eigenvalue weighted by Gasteiger charge is -2.10. The molecule has 7 heteroatoms. The van der Waals surface area contributed by atoms with Crippen LogP contribution in [-0.2, 0) is 4.79 Å². The maximum absolute atomic E-state index is 11.4. The molecule has 0 aromatic heterocycles. The molecule has 0 aliphatic carbocycles. The molecule has 0 aliphatic heterocycles. The Morgan fingerprint density at radius 2 is 2.16 bits per heavy atom. The van der Waals surface area contributed by atoms with Gasteiger partial charge in [-0.1, -0.05) is 23.2 Å². The summed E-state index contributed by atoms with van der Waals surface area (Å²) in [5.41, 5.74) is 5.57. The van der Waals surface area contributed by atoms with Gasteiger partial charge in [-0.05, 0) is 25.5 Å². The second-order valence-electron chi connectivity index (χ2n) is 3.98. The Balaban J connectivity index is 0.00000324. The fraction of sp³-hybridized carbons (Fsp3) is 0.417. The van der Waals surface area contributed by atoms with Crippen LogP contribution in [0.25, 0.3) is 0 Å². The molecule has 0 radical (unpaired) electrons. The molecule has 4 nitrogen and oxygen atoms in total. The summed E-state index contributed by atoms with van der Waals surface area (Å²) < 4.78 is 5.28. The van der Waals surface area contributed by atoms with Gasteiger partial charge < -0.3 is 15.8 Å². The van der Waals surface area contributed by atoms with Crippen molar-refractivity contribution in [2.24, 2.45) is 5.73 Å². The standard InChI is InChI=1S/C12H16Cl2N2O2.ClH/c1-8(15)4-5-16-12(17)7-18-11-6-9(13)2-3-10(11)14;/h2-3,6,8H,4-5,7,15H2,1H3,(H,16,17);1H. The van der Waals surface area contributed by atoms with E-state index in [4.69, 9.17) is 33.7 Å². The monoisotopic (exact) mass is 326 g/mol. The van der Waals surface area contributed by atoms with Crippen LogP contribution in [0.1, 0.15) is 13.3 Å². The second-order valence-corrected chi connectivity index (χ2v) is 4.82. The van der Waals surface area contributed by atoms with E-state index in [0.717, 1.165) is 6.42 Å². The van der Waals surface area contributed by atoms with Crippen LogP contribution in [0.5, 0.6) is 5.75 Å². The van der Waals surface area contributed by atoms with Gasteiger partial charge in [0.25, 0.3) is 5.91 Å². The number of halogens is 3. The molecular weight excluding hydrogens is 311 g/mol. The molecule has 0 bridgehead atoms. The molecule has 0 fully saturated rings. The number of rotatable bonds is 6. The molecule has 1 aromatic rings. The third-order valence-corrected chi connectivity index (χ3v) is 2.72. The molecule has 1 unspecified atom stereocenters. The van der Waals surface area contributed by atoms with Crippen LogP contribution in [0.15, 0.2) is 18.2 Å². The van der Waals surface area contributed by atoms with Crippen molar-refractivity contribution >= 4 is 41.5 Å². The lowest BCUT2D eigenvalue weighted by atomic mass is 10.2. The third kappa shape index (κ3) is 7.47. The first-order chi connectivity index (χ1) is 8.49. The first kappa shape index (κ1) is 18.3. The highest BCUT2D eigenvalue weighted by Gasteiger charge is 2.06. The number of amides is 1. The fourth-order valence-corrected chi connectivity index (χ4v) is 1.56. The van der Waals surface area contributed by atoms with Gasteiger partial charge in [-0.2, -0.15) is 0 Å². The second kappa shape index (κ2) is 9.26. The highest BCUT2D eigenvalue weighted by molar-refractivity contribution is 6.34. The lowest BCUT2D eigenvalue weighted by molar-refractivity contribution is -0.123. The van der Waals surface area contributed by atoms with Crippen LogP contribution in [-0.4, -0.2) is 25.1 Å². The summed E-state index contributed by atoms with van der Waals surface area (Å²) in [6.45, 7) is 2.32. The number of hydrogen-bond donors (Lipinski definition) is 2. The predicted octanol–water partition coefficient (Wildman–Crippen LogP) is 2.65. The smallest absolute Gasteiger partial charge is 0.257 e. The fourth-order valence-electron chi connectivity index (χ4n) is 1.22. The van der Waals surface area contributed by atoms with E-state index in [1.54, 1.807) is 18.2 Å². The van der Waals surface area contributed by atoms with Crippen LogP contribution in [0, 0.1) is 0 Å². The normalized spacial score (nSPS) is 11.4. The summed E-state index contributed by atoms with van der Waals surface area (Å²) in [7, 11) is 0. The van der Waals surface area contributed by atoms with Crippen LogP contribution in [0.4, 0.5) is 0 Å². The Kier molecular flexibility index (Phi) is 8.93. The molecule has 0 aliphatic rings. The van der Waals surface area contributed by atoms with E-state index in [-0.39, 0.29) is 31.0 Å². The first-order valence-corrected chi connectivity index (χ1v) is 6.34. The average molecular weight is 328 g/mol. The maximum atomic E-state index is 11.4. The largest absolute Gasteiger partial charge is 0.482 e. The van der Waals surface area contributed by atoms with E-state index in [1.165, 1.54) is 0 Å². The maximum Gasteiger partial charge on any atom is 0.257 e. The van der Waals surface area contributed by atoms with E-state index in [0.29, 0.717) is 22.3 Å². The Labute approximate surface area is 129 Å². The summed E-state index contributed by atoms with van der Waals surface area (Å²) in [4.78, 5) is 11.4. The van der Waals surface area contributed by atoms with E-state index in [9.17, 15) is 4.79 Å². The number of ether oxygens (including phenoxy) is 1. The van der Waals surface area contributed by atoms with Crippen molar-refractivity contribution in [3.05, 3.63) is 28.2 Å². The number of hydrogen-bond acceptors (Lipinski definition) is 3. The zero-order valence-corrected chi connectivity index (χ0v) is 12.8. The van der Waals surface area contributed by atoms with Crippen LogP contribution in [0.3, 0.4) is 0 Å². The summed E-state index contributed by atoms with van der Waals surface area (Å²) >= 11 is 11.7. The van der Waals surface area contributed by atoms with Crippen LogP contribution in [0.2, 0.25) is 10.0 Å². The number of benzene rings is 1. The van der Waals surface area contributed by atoms with Gasteiger partial charge in [0.2, 0.25) is 0 Å². The Morgan fingerprint density at radius 3 is 2.79 bits per heavy atom. The molecule has 1 rings (SSSR count). The van der Waals surface area contributed by atoms with Crippen LogP contribution >= 0.6 is 35.6 Å². The molecule has 19 heavy (non-hydrogen) atoms. The van der Waals surface area contributed by atoms with Crippen molar-refractivity contribution in [2.75, 3.05) is 13.2 Å². The Bertz CT molecular complexity index is 414. The van der Waals surface area contributed by atoms with E-state index < -0.39 is 0 Å². The van der Waals surface area contributed by atoms with E-state index >= 15 is 0 Å². The SMILES string of the molecule is CC(N)CCNC(=O)COc1cc(Cl)ccc1Cl.Cl. The number of nitrogens with two attached hydrogens (primary N) is 1. The molecular formula is C12H17Cl3N2O2. The van der Waals surface area contributed by atoms with Crippen molar-refractivity contribution in [3.63, 3.8) is 0 Å². The Hall–Kier alpha value is -0.680. The topological polar surface area (TPSA) is 64.3 Å². The minimum absolute atomic E-state index is 0. The molecule has 0 saturated heterocycles. The highest BCUT2D eigenvalue weighted by atomic mass is 35.5. The zero-order valence-electron chi connectivity index (χ0n) is 10.5. The van der Waals surface area contributed by atoms with E-state index in [1.807, 2.05) is 6.92 Å². The summed E-state index contributed by atoms with van der Waals surface area (Å²) in [6, 6.07) is 4.90. The van der Waals surface area contributed by atoms with Crippen molar-refractivity contribution in [1.82, 2.24) is 5.32 Å². The summed E-state index contributed by atoms with van der Waals surface area (Å²) in [5, 5.41) is 3.62. The van der Waals surface area contributed by atoms with Gasteiger partial charge in [-0.3, -0.25) is 4.79 Å². The van der Waals surface area contributed by atoms with Gasteiger partial charge in [-0.25, -0.2) is 0 Å². The van der Waals surface area contributed by atoms with Gasteiger partial charge in [0.15, 0.2) is 6.61 Å². The van der Waals surface area contributed by atoms with E-state index in [2.05, 4.69) is 5.32 Å². The molecule has 1 amide bonds. The van der Waals surface area contributed by atoms with Gasteiger partial charge in [0.1, 0.15) is 5.75 Å². The van der Waals surface area contributed by atoms with Crippen LogP contribution < -0.4 is 15.8 Å². The number of nitrogens with one attached hydrogen (secondary N) is 1. The first-order valence-electron chi connectivity index (χ1n) is 5.59. The zero-order chi connectivity index (χ0) is 13.5. The minimum Gasteiger partial charge on any atom is -0.482 e. The predicted molar refractivity (Wildman–Crippen MR) is 80.5 cm³/mol. The van der Waals surface area contributed by atoms with Gasteiger partial charge >= 0.3 is 0 Å². The quantitative estimate of drug-likeness (QED) is 0.844. The third-order valence-electron chi connectivity index (χ3n) is 2.17. The molecule has 3 N–H and O–H groups in total. The number of carbonyl (C=O) groups excluding carboxylic acids is 1.